The van der Waals surface area contributed by atoms with E-state index < -0.39 is 0 Å². The molecule has 3 nitrogen and oxygen atoms in total. The largest absolute Gasteiger partial charge is 0.463 e. The van der Waals surface area contributed by atoms with E-state index in [-0.39, 0.29) is 12.1 Å². The van der Waals surface area contributed by atoms with Gasteiger partial charge in [-0.3, -0.25) is 4.79 Å². The summed E-state index contributed by atoms with van der Waals surface area (Å²) in [5.41, 5.74) is 0. The summed E-state index contributed by atoms with van der Waals surface area (Å²) in [6, 6.07) is 0. The van der Waals surface area contributed by atoms with Gasteiger partial charge in [0.15, 0.2) is 0 Å². The zero-order valence-corrected chi connectivity index (χ0v) is 10.8. The maximum atomic E-state index is 11.5. The maximum absolute atomic E-state index is 11.5. The smallest absolute Gasteiger partial charge is 0.306 e. The maximum Gasteiger partial charge on any atom is 0.306 e. The van der Waals surface area contributed by atoms with Gasteiger partial charge in [-0.25, -0.2) is 0 Å². The van der Waals surface area contributed by atoms with E-state index in [4.69, 9.17) is 4.74 Å². The normalized spacial score (nSPS) is 22.4. The van der Waals surface area contributed by atoms with Crippen LogP contribution in [0.2, 0.25) is 0 Å². The van der Waals surface area contributed by atoms with Crippen LogP contribution in [-0.2, 0) is 9.53 Å². The van der Waals surface area contributed by atoms with Crippen molar-refractivity contribution >= 4 is 5.97 Å². The van der Waals surface area contributed by atoms with Crippen molar-refractivity contribution in [3.63, 3.8) is 0 Å². The van der Waals surface area contributed by atoms with E-state index in [1.165, 1.54) is 6.42 Å². The van der Waals surface area contributed by atoms with Crippen LogP contribution >= 0.6 is 0 Å². The molecular formula is C13H25NO2. The van der Waals surface area contributed by atoms with Crippen molar-refractivity contribution < 1.29 is 9.53 Å². The molecule has 0 aromatic carbocycles. The van der Waals surface area contributed by atoms with E-state index in [1.54, 1.807) is 0 Å². The van der Waals surface area contributed by atoms with E-state index in [0.717, 1.165) is 25.9 Å². The number of hydrogen-bond donors (Lipinski definition) is 1. The van der Waals surface area contributed by atoms with Crippen molar-refractivity contribution in [2.45, 2.75) is 52.6 Å². The number of rotatable bonds is 6. The van der Waals surface area contributed by atoms with Gasteiger partial charge < -0.3 is 10.1 Å². The monoisotopic (exact) mass is 227 g/mol. The zero-order chi connectivity index (χ0) is 12.0. The van der Waals surface area contributed by atoms with Crippen LogP contribution in [0.1, 0.15) is 46.5 Å². The molecule has 1 saturated heterocycles. The Kier molecular flexibility index (Phi) is 5.81. The first kappa shape index (κ1) is 13.5. The van der Waals surface area contributed by atoms with Gasteiger partial charge in [-0.2, -0.15) is 0 Å². The fourth-order valence-electron chi connectivity index (χ4n) is 2.28. The Balaban J connectivity index is 2.09. The van der Waals surface area contributed by atoms with Gasteiger partial charge in [-0.15, -0.1) is 0 Å². The molecule has 0 radical (unpaired) electrons. The quantitative estimate of drug-likeness (QED) is 0.708. The molecule has 0 saturated carbocycles. The Morgan fingerprint density at radius 2 is 2.19 bits per heavy atom. The Morgan fingerprint density at radius 3 is 2.75 bits per heavy atom. The van der Waals surface area contributed by atoms with Gasteiger partial charge in [-0.05, 0) is 51.1 Å². The molecule has 0 spiro atoms. The van der Waals surface area contributed by atoms with Crippen LogP contribution in [0.4, 0.5) is 0 Å². The van der Waals surface area contributed by atoms with Gasteiger partial charge in [-0.1, -0.05) is 13.8 Å². The molecule has 1 heterocycles. The highest BCUT2D eigenvalue weighted by molar-refractivity contribution is 5.69. The standard InChI is InChI=1S/C13H25NO2/c1-10(2)8-11(3)16-13(15)5-4-12-6-7-14-9-12/h10-12,14H,4-9H2,1-3H3. The topological polar surface area (TPSA) is 38.3 Å². The molecule has 16 heavy (non-hydrogen) atoms. The van der Waals surface area contributed by atoms with Gasteiger partial charge in [0.25, 0.3) is 0 Å². The van der Waals surface area contributed by atoms with Gasteiger partial charge in [0.05, 0.1) is 6.10 Å². The first-order chi connectivity index (χ1) is 7.58. The summed E-state index contributed by atoms with van der Waals surface area (Å²) in [5.74, 6) is 1.23. The minimum Gasteiger partial charge on any atom is -0.463 e. The molecule has 2 atom stereocenters. The minimum absolute atomic E-state index is 0.0277. The third-order valence-electron chi connectivity index (χ3n) is 3.06. The molecule has 0 bridgehead atoms. The SMILES string of the molecule is CC(C)CC(C)OC(=O)CCC1CCNC1. The predicted octanol–water partition coefficient (Wildman–Crippen LogP) is 2.35. The summed E-state index contributed by atoms with van der Waals surface area (Å²) in [7, 11) is 0. The summed E-state index contributed by atoms with van der Waals surface area (Å²) < 4.78 is 5.36. The fraction of sp³-hybridized carbons (Fsp3) is 0.923. The summed E-state index contributed by atoms with van der Waals surface area (Å²) in [5, 5.41) is 3.31. The molecule has 94 valence electrons. The fourth-order valence-corrected chi connectivity index (χ4v) is 2.28. The molecule has 0 aromatic rings. The van der Waals surface area contributed by atoms with Crippen LogP contribution in [0.3, 0.4) is 0 Å². The highest BCUT2D eigenvalue weighted by Crippen LogP contribution is 2.15. The van der Waals surface area contributed by atoms with Gasteiger partial charge in [0, 0.05) is 6.42 Å². The Bertz CT molecular complexity index is 210. The second-order valence-electron chi connectivity index (χ2n) is 5.33. The van der Waals surface area contributed by atoms with Crippen LogP contribution in [0.25, 0.3) is 0 Å². The highest BCUT2D eigenvalue weighted by atomic mass is 16.5. The second-order valence-corrected chi connectivity index (χ2v) is 5.33. The predicted molar refractivity (Wildman–Crippen MR) is 65.2 cm³/mol. The van der Waals surface area contributed by atoms with E-state index in [2.05, 4.69) is 19.2 Å². The molecule has 1 aliphatic heterocycles. The van der Waals surface area contributed by atoms with E-state index in [9.17, 15) is 4.79 Å². The molecule has 1 fully saturated rings. The van der Waals surface area contributed by atoms with Gasteiger partial charge in [0.2, 0.25) is 0 Å². The zero-order valence-electron chi connectivity index (χ0n) is 10.8. The third-order valence-corrected chi connectivity index (χ3v) is 3.06. The van der Waals surface area contributed by atoms with Crippen molar-refractivity contribution in [2.24, 2.45) is 11.8 Å². The van der Waals surface area contributed by atoms with Crippen LogP contribution in [0.5, 0.6) is 0 Å². The molecule has 2 unspecified atom stereocenters. The molecule has 1 rings (SSSR count). The number of hydrogen-bond acceptors (Lipinski definition) is 3. The lowest BCUT2D eigenvalue weighted by molar-refractivity contribution is -0.149. The van der Waals surface area contributed by atoms with Crippen LogP contribution in [-0.4, -0.2) is 25.2 Å². The second kappa shape index (κ2) is 6.89. The van der Waals surface area contributed by atoms with Crippen molar-refractivity contribution in [1.82, 2.24) is 5.32 Å². The van der Waals surface area contributed by atoms with Crippen LogP contribution in [0, 0.1) is 11.8 Å². The molecule has 1 aliphatic rings. The van der Waals surface area contributed by atoms with Crippen LogP contribution in [0.15, 0.2) is 0 Å². The first-order valence-corrected chi connectivity index (χ1v) is 6.48. The van der Waals surface area contributed by atoms with E-state index in [1.807, 2.05) is 6.92 Å². The molecule has 3 heteroatoms. The molecule has 0 aromatic heterocycles. The number of carbonyl (C=O) groups excluding carboxylic acids is 1. The molecule has 0 aliphatic carbocycles. The summed E-state index contributed by atoms with van der Waals surface area (Å²) in [4.78, 5) is 11.5. The Labute approximate surface area is 98.9 Å². The average Bonchev–Trinajstić information content (AvgIpc) is 2.65. The molecule has 1 N–H and O–H groups in total. The third kappa shape index (κ3) is 5.50. The lowest BCUT2D eigenvalue weighted by Gasteiger charge is -2.15. The van der Waals surface area contributed by atoms with Crippen molar-refractivity contribution in [1.29, 1.82) is 0 Å². The van der Waals surface area contributed by atoms with Gasteiger partial charge >= 0.3 is 5.97 Å². The number of carbonyl (C=O) groups is 1. The van der Waals surface area contributed by atoms with Crippen molar-refractivity contribution in [3.05, 3.63) is 0 Å². The molecular weight excluding hydrogens is 202 g/mol. The lowest BCUT2D eigenvalue weighted by atomic mass is 10.0. The summed E-state index contributed by atoms with van der Waals surface area (Å²) in [6.07, 6.45) is 3.77. The average molecular weight is 227 g/mol. The van der Waals surface area contributed by atoms with Crippen molar-refractivity contribution in [2.75, 3.05) is 13.1 Å². The lowest BCUT2D eigenvalue weighted by Crippen LogP contribution is -2.18. The minimum atomic E-state index is -0.0277. The van der Waals surface area contributed by atoms with E-state index in [0.29, 0.717) is 18.3 Å². The Hall–Kier alpha value is -0.570. The molecule has 0 amide bonds. The van der Waals surface area contributed by atoms with Gasteiger partial charge in [0.1, 0.15) is 0 Å². The highest BCUT2D eigenvalue weighted by Gasteiger charge is 2.17. The number of esters is 1. The summed E-state index contributed by atoms with van der Waals surface area (Å²) in [6.45, 7) is 8.44. The van der Waals surface area contributed by atoms with Crippen molar-refractivity contribution in [3.8, 4) is 0 Å². The number of nitrogens with one attached hydrogen (secondary N) is 1. The Morgan fingerprint density at radius 1 is 1.44 bits per heavy atom. The number of ether oxygens (including phenoxy) is 1. The first-order valence-electron chi connectivity index (χ1n) is 6.48. The van der Waals surface area contributed by atoms with E-state index >= 15 is 0 Å². The summed E-state index contributed by atoms with van der Waals surface area (Å²) >= 11 is 0. The van der Waals surface area contributed by atoms with Crippen LogP contribution < -0.4 is 5.32 Å².